The van der Waals surface area contributed by atoms with Crippen LogP contribution in [0.4, 0.5) is 27.6 Å². The average molecular weight is 430 g/mol. The summed E-state index contributed by atoms with van der Waals surface area (Å²) in [5, 5.41) is 9.24. The molecule has 2 heterocycles. The molecule has 1 aliphatic heterocycles. The van der Waals surface area contributed by atoms with Crippen molar-refractivity contribution < 1.29 is 26.7 Å². The van der Waals surface area contributed by atoms with E-state index in [1.807, 2.05) is 0 Å². The monoisotopic (exact) mass is 430 g/mol. The number of hydrogen-bond donors (Lipinski definition) is 3. The van der Waals surface area contributed by atoms with E-state index >= 15 is 0 Å². The van der Waals surface area contributed by atoms with Gasteiger partial charge < -0.3 is 21.1 Å². The van der Waals surface area contributed by atoms with Crippen LogP contribution in [-0.2, 0) is 13.0 Å². The van der Waals surface area contributed by atoms with E-state index < -0.39 is 30.0 Å². The van der Waals surface area contributed by atoms with Crippen LogP contribution in [0.1, 0.15) is 12.5 Å². The molecule has 7 nitrogen and oxygen atoms in total. The molecule has 0 saturated carbocycles. The molecule has 1 atom stereocenters. The number of rotatable bonds is 5. The largest absolute Gasteiger partial charge is 0.493 e. The number of nitrogens with one attached hydrogen (secondary N) is 2. The molecule has 1 aliphatic rings. The average Bonchev–Trinajstić information content (AvgIpc) is 3.02. The highest BCUT2D eigenvalue weighted by Gasteiger charge is 2.33. The standard InChI is InChI=1S/C18H19F5N6O/c1-10-6-25-16(27-13-7-26-29(8-13)9-18(21,22)23)28-17(10,24)5-11-3-12(19)4-14(20)15(11)30-2/h3-4,6-8H,5,9,24H2,1-2H3,(H2,25,27,28). The predicted octanol–water partition coefficient (Wildman–Crippen LogP) is 2.90. The maximum atomic E-state index is 14.0. The molecule has 0 radical (unpaired) electrons. The van der Waals surface area contributed by atoms with Crippen LogP contribution in [0.2, 0.25) is 0 Å². The van der Waals surface area contributed by atoms with Gasteiger partial charge >= 0.3 is 6.18 Å². The van der Waals surface area contributed by atoms with E-state index in [9.17, 15) is 22.0 Å². The number of benzene rings is 1. The summed E-state index contributed by atoms with van der Waals surface area (Å²) in [4.78, 5) is 4.35. The first-order valence-corrected chi connectivity index (χ1v) is 8.70. The van der Waals surface area contributed by atoms with E-state index in [2.05, 4.69) is 20.7 Å². The highest BCUT2D eigenvalue weighted by atomic mass is 19.4. The molecule has 0 bridgehead atoms. The third kappa shape index (κ3) is 4.87. The Morgan fingerprint density at radius 1 is 1.30 bits per heavy atom. The van der Waals surface area contributed by atoms with Crippen molar-refractivity contribution in [1.82, 2.24) is 15.1 Å². The quantitative estimate of drug-likeness (QED) is 0.635. The number of aromatic nitrogens is 2. The smallest absolute Gasteiger partial charge is 0.408 e. The fraction of sp³-hybridized carbons (Fsp3) is 0.333. The molecule has 0 spiro atoms. The molecule has 0 aliphatic carbocycles. The topological polar surface area (TPSA) is 89.5 Å². The second-order valence-corrected chi connectivity index (χ2v) is 6.78. The van der Waals surface area contributed by atoms with Gasteiger partial charge in [-0.2, -0.15) is 18.3 Å². The van der Waals surface area contributed by atoms with E-state index in [0.717, 1.165) is 16.9 Å². The number of aliphatic imine (C=N–C) groups is 1. The van der Waals surface area contributed by atoms with Crippen molar-refractivity contribution in [2.24, 2.45) is 10.7 Å². The van der Waals surface area contributed by atoms with Crippen LogP contribution in [0.25, 0.3) is 0 Å². The van der Waals surface area contributed by atoms with E-state index in [1.165, 1.54) is 19.5 Å². The maximum absolute atomic E-state index is 14.0. The first-order chi connectivity index (χ1) is 14.0. The number of halogens is 5. The number of methoxy groups -OCH3 is 1. The van der Waals surface area contributed by atoms with Crippen LogP contribution < -0.4 is 21.1 Å². The zero-order valence-corrected chi connectivity index (χ0v) is 16.0. The van der Waals surface area contributed by atoms with Gasteiger partial charge in [0.1, 0.15) is 18.0 Å². The molecule has 1 unspecified atom stereocenters. The van der Waals surface area contributed by atoms with Gasteiger partial charge in [-0.15, -0.1) is 0 Å². The molecule has 1 aromatic carbocycles. The first-order valence-electron chi connectivity index (χ1n) is 8.70. The molecule has 0 fully saturated rings. The van der Waals surface area contributed by atoms with Gasteiger partial charge in [-0.25, -0.2) is 13.8 Å². The summed E-state index contributed by atoms with van der Waals surface area (Å²) in [5.74, 6) is -1.68. The second kappa shape index (κ2) is 7.94. The number of alkyl halides is 3. The Labute approximate surface area is 168 Å². The lowest BCUT2D eigenvalue weighted by atomic mass is 9.93. The van der Waals surface area contributed by atoms with Gasteiger partial charge in [0.05, 0.1) is 19.0 Å². The van der Waals surface area contributed by atoms with E-state index in [4.69, 9.17) is 10.5 Å². The molecule has 1 aromatic heterocycles. The Hall–Kier alpha value is -3.15. The summed E-state index contributed by atoms with van der Waals surface area (Å²) in [5.41, 5.74) is 5.98. The van der Waals surface area contributed by atoms with Crippen LogP contribution in [0.5, 0.6) is 5.75 Å². The number of nitrogens with zero attached hydrogens (tertiary/aromatic N) is 3. The zero-order valence-electron chi connectivity index (χ0n) is 16.0. The number of hydrogen-bond acceptors (Lipinski definition) is 6. The minimum atomic E-state index is -4.41. The summed E-state index contributed by atoms with van der Waals surface area (Å²) in [6, 6.07) is 1.81. The van der Waals surface area contributed by atoms with Crippen LogP contribution in [0.15, 0.2) is 41.3 Å². The molecule has 12 heteroatoms. The molecule has 4 N–H and O–H groups in total. The lowest BCUT2D eigenvalue weighted by molar-refractivity contribution is -0.142. The number of nitrogens with two attached hydrogens (primary N) is 1. The SMILES string of the molecule is COc1c(F)cc(F)cc1CC1(N)N=C(Nc2cnn(CC(F)(F)F)c2)NC=C1C. The second-order valence-electron chi connectivity index (χ2n) is 6.78. The van der Waals surface area contributed by atoms with Gasteiger partial charge in [-0.1, -0.05) is 0 Å². The van der Waals surface area contributed by atoms with Crippen molar-refractivity contribution in [3.05, 3.63) is 53.5 Å². The Morgan fingerprint density at radius 3 is 2.70 bits per heavy atom. The Bertz CT molecular complexity index is 999. The Kier molecular flexibility index (Phi) is 5.70. The van der Waals surface area contributed by atoms with Crippen molar-refractivity contribution in [3.63, 3.8) is 0 Å². The van der Waals surface area contributed by atoms with Crippen LogP contribution in [0, 0.1) is 11.6 Å². The third-order valence-corrected chi connectivity index (χ3v) is 4.41. The fourth-order valence-electron chi connectivity index (χ4n) is 2.96. The normalized spacial score (nSPS) is 19.1. The van der Waals surface area contributed by atoms with E-state index in [-0.39, 0.29) is 29.4 Å². The van der Waals surface area contributed by atoms with Gasteiger partial charge in [0, 0.05) is 30.4 Å². The molecule has 0 amide bonds. The number of anilines is 1. The van der Waals surface area contributed by atoms with Gasteiger partial charge in [-0.3, -0.25) is 4.68 Å². The van der Waals surface area contributed by atoms with Crippen molar-refractivity contribution in [2.45, 2.75) is 31.7 Å². The zero-order chi connectivity index (χ0) is 22.1. The molecule has 3 rings (SSSR count). The number of guanidine groups is 1. The first kappa shape index (κ1) is 21.6. The predicted molar refractivity (Wildman–Crippen MR) is 99.8 cm³/mol. The summed E-state index contributed by atoms with van der Waals surface area (Å²) < 4.78 is 70.9. The lowest BCUT2D eigenvalue weighted by Crippen LogP contribution is -2.48. The highest BCUT2D eigenvalue weighted by molar-refractivity contribution is 5.95. The number of ether oxygens (including phenoxy) is 1. The summed E-state index contributed by atoms with van der Waals surface area (Å²) in [6.07, 6.45) is -0.600. The van der Waals surface area contributed by atoms with Crippen LogP contribution in [-0.4, -0.2) is 34.7 Å². The Morgan fingerprint density at radius 2 is 2.03 bits per heavy atom. The van der Waals surface area contributed by atoms with Gasteiger partial charge in [0.15, 0.2) is 11.6 Å². The maximum Gasteiger partial charge on any atom is 0.408 e. The molecular weight excluding hydrogens is 411 g/mol. The lowest BCUT2D eigenvalue weighted by Gasteiger charge is -2.31. The van der Waals surface area contributed by atoms with Gasteiger partial charge in [0.25, 0.3) is 0 Å². The molecular formula is C18H19F5N6O. The van der Waals surface area contributed by atoms with Crippen LogP contribution >= 0.6 is 0 Å². The summed E-state index contributed by atoms with van der Waals surface area (Å²) >= 11 is 0. The minimum Gasteiger partial charge on any atom is -0.493 e. The van der Waals surface area contributed by atoms with Gasteiger partial charge in [-0.05, 0) is 18.6 Å². The fourth-order valence-corrected chi connectivity index (χ4v) is 2.96. The molecule has 2 aromatic rings. The molecule has 0 saturated heterocycles. The van der Waals surface area contributed by atoms with Crippen molar-refractivity contribution in [1.29, 1.82) is 0 Å². The Balaban J connectivity index is 1.83. The van der Waals surface area contributed by atoms with Crippen molar-refractivity contribution >= 4 is 11.6 Å². The summed E-state index contributed by atoms with van der Waals surface area (Å²) in [7, 11) is 1.25. The third-order valence-electron chi connectivity index (χ3n) is 4.41. The van der Waals surface area contributed by atoms with E-state index in [0.29, 0.717) is 11.6 Å². The molecule has 162 valence electrons. The van der Waals surface area contributed by atoms with Crippen molar-refractivity contribution in [3.8, 4) is 5.75 Å². The van der Waals surface area contributed by atoms with Crippen LogP contribution in [0.3, 0.4) is 0 Å². The van der Waals surface area contributed by atoms with Crippen molar-refractivity contribution in [2.75, 3.05) is 12.4 Å². The van der Waals surface area contributed by atoms with E-state index in [1.54, 1.807) is 6.92 Å². The minimum absolute atomic E-state index is 0.0899. The molecule has 30 heavy (non-hydrogen) atoms. The summed E-state index contributed by atoms with van der Waals surface area (Å²) in [6.45, 7) is 0.441. The highest BCUT2D eigenvalue weighted by Crippen LogP contribution is 2.31. The van der Waals surface area contributed by atoms with Gasteiger partial charge in [0.2, 0.25) is 5.96 Å².